The van der Waals surface area contributed by atoms with E-state index in [0.717, 1.165) is 0 Å². The zero-order valence-corrected chi connectivity index (χ0v) is 15.0. The number of amides is 1. The second-order valence-corrected chi connectivity index (χ2v) is 6.19. The summed E-state index contributed by atoms with van der Waals surface area (Å²) in [6.07, 6.45) is -1.04. The van der Waals surface area contributed by atoms with Crippen molar-refractivity contribution in [3.05, 3.63) is 58.9 Å². The standard InChI is InChI=1S/C19H19N3O4/c1-11-10-14(15-12(2)21-26-17(15)20-11)19(24)25-16(18(23)22(3)4)13-8-6-5-7-9-13/h5-10,16H,1-4H3/t16-/m1/s1. The van der Waals surface area contributed by atoms with E-state index in [4.69, 9.17) is 9.26 Å². The number of aryl methyl sites for hydroxylation is 2. The van der Waals surface area contributed by atoms with E-state index < -0.39 is 12.1 Å². The van der Waals surface area contributed by atoms with E-state index in [1.54, 1.807) is 58.3 Å². The highest BCUT2D eigenvalue weighted by atomic mass is 16.5. The van der Waals surface area contributed by atoms with Gasteiger partial charge in [-0.2, -0.15) is 0 Å². The first-order valence-corrected chi connectivity index (χ1v) is 8.09. The molecule has 1 amide bonds. The third kappa shape index (κ3) is 3.28. The van der Waals surface area contributed by atoms with Crippen molar-refractivity contribution in [2.24, 2.45) is 0 Å². The van der Waals surface area contributed by atoms with Crippen molar-refractivity contribution in [3.63, 3.8) is 0 Å². The highest BCUT2D eigenvalue weighted by Gasteiger charge is 2.28. The van der Waals surface area contributed by atoms with Crippen molar-refractivity contribution < 1.29 is 18.8 Å². The maximum Gasteiger partial charge on any atom is 0.340 e. The van der Waals surface area contributed by atoms with E-state index >= 15 is 0 Å². The Morgan fingerprint density at radius 3 is 2.50 bits per heavy atom. The molecule has 0 aliphatic carbocycles. The summed E-state index contributed by atoms with van der Waals surface area (Å²) >= 11 is 0. The lowest BCUT2D eigenvalue weighted by atomic mass is 10.1. The predicted octanol–water partition coefficient (Wildman–Crippen LogP) is 2.83. The minimum absolute atomic E-state index is 0.268. The number of hydrogen-bond donors (Lipinski definition) is 0. The number of ether oxygens (including phenoxy) is 1. The molecule has 0 fully saturated rings. The van der Waals surface area contributed by atoms with Gasteiger partial charge in [0, 0.05) is 25.4 Å². The average molecular weight is 353 g/mol. The average Bonchev–Trinajstić information content (AvgIpc) is 2.99. The fraction of sp³-hybridized carbons (Fsp3) is 0.263. The van der Waals surface area contributed by atoms with Crippen LogP contribution in [-0.2, 0) is 9.53 Å². The third-order valence-electron chi connectivity index (χ3n) is 3.96. The number of aromatic nitrogens is 2. The van der Waals surface area contributed by atoms with Crippen LogP contribution in [0.25, 0.3) is 11.1 Å². The monoisotopic (exact) mass is 353 g/mol. The number of likely N-dealkylation sites (N-methyl/N-ethyl adjacent to an activating group) is 1. The van der Waals surface area contributed by atoms with Crippen LogP contribution in [0.3, 0.4) is 0 Å². The Kier molecular flexibility index (Phi) is 4.71. The minimum atomic E-state index is -1.04. The Morgan fingerprint density at radius 1 is 1.15 bits per heavy atom. The van der Waals surface area contributed by atoms with Gasteiger partial charge in [0.1, 0.15) is 0 Å². The van der Waals surface area contributed by atoms with E-state index in [1.807, 2.05) is 6.07 Å². The van der Waals surface area contributed by atoms with Crippen molar-refractivity contribution in [1.29, 1.82) is 0 Å². The summed E-state index contributed by atoms with van der Waals surface area (Å²) in [6.45, 7) is 3.47. The first kappa shape index (κ1) is 17.6. The van der Waals surface area contributed by atoms with Crippen LogP contribution in [0.2, 0.25) is 0 Å². The summed E-state index contributed by atoms with van der Waals surface area (Å²) in [5.41, 5.74) is 2.28. The predicted molar refractivity (Wildman–Crippen MR) is 94.6 cm³/mol. The fourth-order valence-corrected chi connectivity index (χ4v) is 2.67. The molecule has 7 nitrogen and oxygen atoms in total. The molecule has 1 atom stereocenters. The molecule has 0 unspecified atom stereocenters. The quantitative estimate of drug-likeness (QED) is 0.671. The molecule has 0 N–H and O–H groups in total. The molecule has 7 heteroatoms. The van der Waals surface area contributed by atoms with Crippen LogP contribution in [0.5, 0.6) is 0 Å². The lowest BCUT2D eigenvalue weighted by Crippen LogP contribution is -2.31. The van der Waals surface area contributed by atoms with Crippen LogP contribution in [0.4, 0.5) is 0 Å². The van der Waals surface area contributed by atoms with Crippen LogP contribution < -0.4 is 0 Å². The number of rotatable bonds is 4. The molecule has 1 aromatic carbocycles. The number of fused-ring (bicyclic) bond motifs is 1. The number of nitrogens with zero attached hydrogens (tertiary/aromatic N) is 3. The van der Waals surface area contributed by atoms with Gasteiger partial charge in [-0.25, -0.2) is 9.78 Å². The Bertz CT molecular complexity index is 964. The Morgan fingerprint density at radius 2 is 1.85 bits per heavy atom. The zero-order chi connectivity index (χ0) is 18.8. The molecule has 0 aliphatic rings. The molecule has 3 rings (SSSR count). The molecule has 0 spiro atoms. The minimum Gasteiger partial charge on any atom is -0.444 e. The molecule has 134 valence electrons. The highest BCUT2D eigenvalue weighted by Crippen LogP contribution is 2.26. The third-order valence-corrected chi connectivity index (χ3v) is 3.96. The van der Waals surface area contributed by atoms with Gasteiger partial charge in [0.2, 0.25) is 6.10 Å². The molecular formula is C19H19N3O4. The van der Waals surface area contributed by atoms with Crippen LogP contribution in [-0.4, -0.2) is 41.0 Å². The number of benzene rings is 1. The molecule has 2 heterocycles. The van der Waals surface area contributed by atoms with Gasteiger partial charge in [0.25, 0.3) is 11.6 Å². The van der Waals surface area contributed by atoms with Gasteiger partial charge in [-0.15, -0.1) is 0 Å². The van der Waals surface area contributed by atoms with Crippen molar-refractivity contribution in [3.8, 4) is 0 Å². The topological polar surface area (TPSA) is 85.5 Å². The number of carbonyl (C=O) groups is 2. The van der Waals surface area contributed by atoms with Gasteiger partial charge >= 0.3 is 5.97 Å². The smallest absolute Gasteiger partial charge is 0.340 e. The molecule has 0 saturated heterocycles. The summed E-state index contributed by atoms with van der Waals surface area (Å²) in [5, 5.41) is 4.35. The van der Waals surface area contributed by atoms with Crippen molar-refractivity contribution in [1.82, 2.24) is 15.0 Å². The van der Waals surface area contributed by atoms with E-state index in [-0.39, 0.29) is 17.2 Å². The molecule has 0 radical (unpaired) electrons. The Labute approximate surface area is 150 Å². The SMILES string of the molecule is Cc1cc(C(=O)O[C@@H](C(=O)N(C)C)c2ccccc2)c2c(C)noc2n1. The first-order valence-electron chi connectivity index (χ1n) is 8.09. The Hall–Kier alpha value is -3.22. The van der Waals surface area contributed by atoms with Gasteiger partial charge < -0.3 is 14.2 Å². The number of pyridine rings is 1. The normalized spacial score (nSPS) is 12.0. The van der Waals surface area contributed by atoms with Crippen LogP contribution >= 0.6 is 0 Å². The molecule has 3 aromatic rings. The fourth-order valence-electron chi connectivity index (χ4n) is 2.67. The van der Waals surface area contributed by atoms with Crippen LogP contribution in [0.1, 0.15) is 33.4 Å². The second-order valence-electron chi connectivity index (χ2n) is 6.19. The summed E-state index contributed by atoms with van der Waals surface area (Å²) in [4.78, 5) is 31.1. The van der Waals surface area contributed by atoms with Gasteiger partial charge in [0.05, 0.1) is 16.6 Å². The highest BCUT2D eigenvalue weighted by molar-refractivity contribution is 6.04. The van der Waals surface area contributed by atoms with Gasteiger partial charge in [-0.3, -0.25) is 4.79 Å². The summed E-state index contributed by atoms with van der Waals surface area (Å²) < 4.78 is 10.8. The molecule has 26 heavy (non-hydrogen) atoms. The van der Waals surface area contributed by atoms with E-state index in [0.29, 0.717) is 22.3 Å². The summed E-state index contributed by atoms with van der Waals surface area (Å²) in [6, 6.07) is 10.5. The number of esters is 1. The number of carbonyl (C=O) groups excluding carboxylic acids is 2. The molecule has 0 bridgehead atoms. The molecule has 0 saturated carbocycles. The van der Waals surface area contributed by atoms with E-state index in [2.05, 4.69) is 10.1 Å². The van der Waals surface area contributed by atoms with E-state index in [1.165, 1.54) is 4.90 Å². The van der Waals surface area contributed by atoms with Crippen molar-refractivity contribution >= 4 is 23.0 Å². The molecule has 2 aromatic heterocycles. The lowest BCUT2D eigenvalue weighted by molar-refractivity contribution is -0.138. The van der Waals surface area contributed by atoms with Crippen molar-refractivity contribution in [2.75, 3.05) is 14.1 Å². The molecule has 0 aliphatic heterocycles. The largest absolute Gasteiger partial charge is 0.444 e. The van der Waals surface area contributed by atoms with Gasteiger partial charge in [0.15, 0.2) is 0 Å². The van der Waals surface area contributed by atoms with Crippen molar-refractivity contribution in [2.45, 2.75) is 20.0 Å². The van der Waals surface area contributed by atoms with Crippen LogP contribution in [0, 0.1) is 13.8 Å². The summed E-state index contributed by atoms with van der Waals surface area (Å²) in [5.74, 6) is -0.954. The maximum absolute atomic E-state index is 12.9. The van der Waals surface area contributed by atoms with E-state index in [9.17, 15) is 9.59 Å². The lowest BCUT2D eigenvalue weighted by Gasteiger charge is -2.21. The van der Waals surface area contributed by atoms with Gasteiger partial charge in [-0.05, 0) is 19.9 Å². The maximum atomic E-state index is 12.9. The van der Waals surface area contributed by atoms with Gasteiger partial charge in [-0.1, -0.05) is 35.5 Å². The second kappa shape index (κ2) is 6.95. The zero-order valence-electron chi connectivity index (χ0n) is 15.0. The first-order chi connectivity index (χ1) is 12.4. The Balaban J connectivity index is 2.01. The molecular weight excluding hydrogens is 334 g/mol. The number of hydrogen-bond acceptors (Lipinski definition) is 6. The summed E-state index contributed by atoms with van der Waals surface area (Å²) in [7, 11) is 3.23. The van der Waals surface area contributed by atoms with Crippen LogP contribution in [0.15, 0.2) is 40.9 Å².